The SMILES string of the molecule is CCc1ccc(N[C@H]2NC(=O)/C(=C/c3ccc(OCc4ccc5ccccc5c4)c(Br)c3)S2)cc1. The lowest BCUT2D eigenvalue weighted by molar-refractivity contribution is -0.116. The van der Waals surface area contributed by atoms with Gasteiger partial charge in [-0.1, -0.05) is 73.3 Å². The zero-order chi connectivity index (χ0) is 24.2. The van der Waals surface area contributed by atoms with Crippen molar-refractivity contribution in [1.29, 1.82) is 0 Å². The average molecular weight is 546 g/mol. The number of amides is 1. The van der Waals surface area contributed by atoms with Crippen molar-refractivity contribution in [3.63, 3.8) is 0 Å². The minimum atomic E-state index is -0.200. The molecule has 35 heavy (non-hydrogen) atoms. The van der Waals surface area contributed by atoms with Crippen LogP contribution in [0.25, 0.3) is 16.8 Å². The van der Waals surface area contributed by atoms with Gasteiger partial charge in [0.05, 0.1) is 9.38 Å². The normalized spacial score (nSPS) is 16.5. The Labute approximate surface area is 217 Å². The first-order valence-corrected chi connectivity index (χ1v) is 13.2. The molecule has 1 aliphatic heterocycles. The molecule has 1 saturated heterocycles. The number of carbonyl (C=O) groups excluding carboxylic acids is 1. The molecule has 1 heterocycles. The van der Waals surface area contributed by atoms with Crippen molar-refractivity contribution in [3.05, 3.63) is 111 Å². The molecule has 0 aliphatic carbocycles. The lowest BCUT2D eigenvalue weighted by Crippen LogP contribution is -2.30. The summed E-state index contributed by atoms with van der Waals surface area (Å²) in [4.78, 5) is 13.2. The summed E-state index contributed by atoms with van der Waals surface area (Å²) in [5.74, 6) is 0.685. The number of thioether (sulfide) groups is 1. The molecule has 0 saturated carbocycles. The van der Waals surface area contributed by atoms with Crippen LogP contribution in [0, 0.1) is 0 Å². The third-order valence-electron chi connectivity index (χ3n) is 5.85. The second-order valence-electron chi connectivity index (χ2n) is 8.33. The number of anilines is 1. The number of hydrogen-bond acceptors (Lipinski definition) is 4. The molecule has 1 amide bonds. The summed E-state index contributed by atoms with van der Waals surface area (Å²) in [6, 6.07) is 28.8. The van der Waals surface area contributed by atoms with Crippen LogP contribution in [0.1, 0.15) is 23.6 Å². The van der Waals surface area contributed by atoms with Crippen LogP contribution in [0.5, 0.6) is 5.75 Å². The summed E-state index contributed by atoms with van der Waals surface area (Å²) in [7, 11) is 0. The number of halogens is 1. The Hall–Kier alpha value is -3.22. The number of carbonyl (C=O) groups is 1. The summed E-state index contributed by atoms with van der Waals surface area (Å²) in [6.07, 6.45) is 2.91. The molecular formula is C29H25BrN2O2S. The number of nitrogens with one attached hydrogen (secondary N) is 2. The van der Waals surface area contributed by atoms with E-state index in [-0.39, 0.29) is 11.4 Å². The van der Waals surface area contributed by atoms with Gasteiger partial charge in [0, 0.05) is 5.69 Å². The van der Waals surface area contributed by atoms with Gasteiger partial charge in [-0.25, -0.2) is 0 Å². The second kappa shape index (κ2) is 10.6. The van der Waals surface area contributed by atoms with Crippen LogP contribution in [0.3, 0.4) is 0 Å². The molecule has 2 N–H and O–H groups in total. The first-order chi connectivity index (χ1) is 17.1. The molecule has 5 rings (SSSR count). The smallest absolute Gasteiger partial charge is 0.260 e. The number of benzene rings is 4. The molecule has 0 spiro atoms. The molecule has 0 bridgehead atoms. The van der Waals surface area contributed by atoms with Crippen molar-refractivity contribution in [2.75, 3.05) is 5.32 Å². The maximum atomic E-state index is 12.5. The summed E-state index contributed by atoms with van der Waals surface area (Å²) >= 11 is 5.10. The minimum Gasteiger partial charge on any atom is -0.488 e. The Kier molecular flexibility index (Phi) is 7.11. The van der Waals surface area contributed by atoms with Crippen LogP contribution in [0.15, 0.2) is 94.3 Å². The largest absolute Gasteiger partial charge is 0.488 e. The molecule has 1 fully saturated rings. The van der Waals surface area contributed by atoms with Crippen molar-refractivity contribution in [1.82, 2.24) is 5.32 Å². The zero-order valence-electron chi connectivity index (χ0n) is 19.3. The van der Waals surface area contributed by atoms with E-state index < -0.39 is 0 Å². The Balaban J connectivity index is 1.22. The maximum Gasteiger partial charge on any atom is 0.260 e. The summed E-state index contributed by atoms with van der Waals surface area (Å²) < 4.78 is 6.90. The highest BCUT2D eigenvalue weighted by Gasteiger charge is 2.27. The van der Waals surface area contributed by atoms with Crippen LogP contribution in [-0.2, 0) is 17.8 Å². The van der Waals surface area contributed by atoms with Gasteiger partial charge in [0.2, 0.25) is 0 Å². The van der Waals surface area contributed by atoms with Crippen molar-refractivity contribution in [2.45, 2.75) is 25.4 Å². The molecule has 176 valence electrons. The molecule has 4 aromatic rings. The Morgan fingerprint density at radius 1 is 0.971 bits per heavy atom. The van der Waals surface area contributed by atoms with E-state index in [4.69, 9.17) is 4.74 Å². The van der Waals surface area contributed by atoms with E-state index in [2.05, 4.69) is 76.0 Å². The van der Waals surface area contributed by atoms with Gasteiger partial charge in [-0.15, -0.1) is 0 Å². The molecule has 0 aromatic heterocycles. The number of hydrogen-bond donors (Lipinski definition) is 2. The fourth-order valence-electron chi connectivity index (χ4n) is 3.92. The van der Waals surface area contributed by atoms with E-state index in [1.165, 1.54) is 28.1 Å². The highest BCUT2D eigenvalue weighted by atomic mass is 79.9. The number of ether oxygens (including phenoxy) is 1. The van der Waals surface area contributed by atoms with Gasteiger partial charge in [0.15, 0.2) is 5.50 Å². The van der Waals surface area contributed by atoms with Crippen LogP contribution < -0.4 is 15.4 Å². The van der Waals surface area contributed by atoms with Gasteiger partial charge in [-0.2, -0.15) is 0 Å². The molecule has 0 radical (unpaired) electrons. The Morgan fingerprint density at radius 3 is 2.51 bits per heavy atom. The van der Waals surface area contributed by atoms with Gasteiger partial charge >= 0.3 is 0 Å². The topological polar surface area (TPSA) is 50.4 Å². The van der Waals surface area contributed by atoms with E-state index in [1.807, 2.05) is 48.5 Å². The van der Waals surface area contributed by atoms with E-state index >= 15 is 0 Å². The summed E-state index contributed by atoms with van der Waals surface area (Å²) in [6.45, 7) is 2.61. The highest BCUT2D eigenvalue weighted by Crippen LogP contribution is 2.33. The van der Waals surface area contributed by atoms with Gasteiger partial charge in [-0.05, 0) is 86.2 Å². The van der Waals surface area contributed by atoms with Crippen LogP contribution in [0.2, 0.25) is 0 Å². The van der Waals surface area contributed by atoms with E-state index in [1.54, 1.807) is 0 Å². The maximum absolute atomic E-state index is 12.5. The summed E-state index contributed by atoms with van der Waals surface area (Å²) in [5, 5.41) is 8.77. The van der Waals surface area contributed by atoms with Crippen LogP contribution in [-0.4, -0.2) is 11.4 Å². The number of fused-ring (bicyclic) bond motifs is 1. The monoisotopic (exact) mass is 544 g/mol. The van der Waals surface area contributed by atoms with E-state index in [9.17, 15) is 4.79 Å². The average Bonchev–Trinajstić information content (AvgIpc) is 3.22. The lowest BCUT2D eigenvalue weighted by atomic mass is 10.1. The minimum absolute atomic E-state index is 0.0783. The van der Waals surface area contributed by atoms with Crippen molar-refractivity contribution >= 4 is 56.1 Å². The third kappa shape index (κ3) is 5.72. The van der Waals surface area contributed by atoms with Crippen molar-refractivity contribution in [2.24, 2.45) is 0 Å². The Bertz CT molecular complexity index is 1400. The fourth-order valence-corrected chi connectivity index (χ4v) is 5.41. The standard InChI is InChI=1S/C29H25BrN2O2S/c1-2-19-8-12-24(13-9-19)31-29-32-28(33)27(35-29)17-20-10-14-26(25(30)16-20)34-18-21-7-11-22-5-3-4-6-23(22)15-21/h3-17,29,31H,2,18H2,1H3,(H,32,33)/b27-17-/t29-/m0/s1. The lowest BCUT2D eigenvalue weighted by Gasteiger charge is -2.13. The van der Waals surface area contributed by atoms with Gasteiger partial charge in [-0.3, -0.25) is 4.79 Å². The van der Waals surface area contributed by atoms with Crippen LogP contribution >= 0.6 is 27.7 Å². The molecule has 4 aromatic carbocycles. The second-order valence-corrected chi connectivity index (χ2v) is 10.3. The molecule has 6 heteroatoms. The molecule has 1 aliphatic rings. The van der Waals surface area contributed by atoms with Gasteiger partial charge in [0.25, 0.3) is 5.91 Å². The fraction of sp³-hybridized carbons (Fsp3) is 0.138. The molecule has 0 unspecified atom stereocenters. The third-order valence-corrected chi connectivity index (χ3v) is 7.50. The molecule has 1 atom stereocenters. The molecular weight excluding hydrogens is 520 g/mol. The quantitative estimate of drug-likeness (QED) is 0.239. The van der Waals surface area contributed by atoms with Gasteiger partial charge < -0.3 is 15.4 Å². The van der Waals surface area contributed by atoms with Crippen molar-refractivity contribution in [3.8, 4) is 5.75 Å². The van der Waals surface area contributed by atoms with E-state index in [0.29, 0.717) is 11.5 Å². The van der Waals surface area contributed by atoms with Crippen molar-refractivity contribution < 1.29 is 9.53 Å². The van der Waals surface area contributed by atoms with Gasteiger partial charge in [0.1, 0.15) is 12.4 Å². The number of rotatable bonds is 7. The predicted molar refractivity (Wildman–Crippen MR) is 149 cm³/mol. The predicted octanol–water partition coefficient (Wildman–Crippen LogP) is 7.34. The molecule has 4 nitrogen and oxygen atoms in total. The first kappa shape index (κ1) is 23.5. The zero-order valence-corrected chi connectivity index (χ0v) is 21.7. The highest BCUT2D eigenvalue weighted by molar-refractivity contribution is 9.10. The van der Waals surface area contributed by atoms with E-state index in [0.717, 1.165) is 33.5 Å². The first-order valence-electron chi connectivity index (χ1n) is 11.5. The van der Waals surface area contributed by atoms with Crippen LogP contribution in [0.4, 0.5) is 5.69 Å². The number of aryl methyl sites for hydroxylation is 1. The Morgan fingerprint density at radius 2 is 1.74 bits per heavy atom. The summed E-state index contributed by atoms with van der Waals surface area (Å²) in [5.41, 5.74) is 4.12.